The van der Waals surface area contributed by atoms with E-state index >= 15 is 0 Å². The van der Waals surface area contributed by atoms with Crippen LogP contribution in [0.4, 0.5) is 5.69 Å². The zero-order valence-electron chi connectivity index (χ0n) is 9.84. The highest BCUT2D eigenvalue weighted by Gasteiger charge is 2.16. The van der Waals surface area contributed by atoms with E-state index in [4.69, 9.17) is 0 Å². The van der Waals surface area contributed by atoms with Gasteiger partial charge in [0.2, 0.25) is 0 Å². The maximum Gasteiger partial charge on any atom is 0.278 e. The van der Waals surface area contributed by atoms with E-state index in [1.165, 1.54) is 12.5 Å². The van der Waals surface area contributed by atoms with Crippen LogP contribution in [-0.4, -0.2) is 25.4 Å². The quantitative estimate of drug-likeness (QED) is 0.751. The standard InChI is InChI=1S/C11H14N4O2S/c1-12-6-9-4-2-3-5-10(9)15-18(16,17)11-7-13-8-14-11/h2-5,7-8,12,15H,6H2,1H3,(H,13,14). The van der Waals surface area contributed by atoms with Crippen molar-refractivity contribution in [2.75, 3.05) is 11.8 Å². The van der Waals surface area contributed by atoms with Gasteiger partial charge in [0.25, 0.3) is 10.0 Å². The van der Waals surface area contributed by atoms with Gasteiger partial charge in [-0.1, -0.05) is 18.2 Å². The van der Waals surface area contributed by atoms with Crippen molar-refractivity contribution in [3.05, 3.63) is 42.4 Å². The van der Waals surface area contributed by atoms with Crippen LogP contribution in [0.5, 0.6) is 0 Å². The number of aromatic amines is 1. The van der Waals surface area contributed by atoms with Gasteiger partial charge in [0.15, 0.2) is 5.03 Å². The Morgan fingerprint density at radius 3 is 2.78 bits per heavy atom. The lowest BCUT2D eigenvalue weighted by molar-refractivity contribution is 0.598. The Morgan fingerprint density at radius 2 is 2.11 bits per heavy atom. The zero-order valence-corrected chi connectivity index (χ0v) is 10.7. The van der Waals surface area contributed by atoms with Gasteiger partial charge in [-0.25, -0.2) is 4.98 Å². The summed E-state index contributed by atoms with van der Waals surface area (Å²) in [6.07, 6.45) is 2.59. The molecule has 0 atom stereocenters. The number of H-pyrrole nitrogens is 1. The lowest BCUT2D eigenvalue weighted by Crippen LogP contribution is -2.16. The maximum atomic E-state index is 12.0. The van der Waals surface area contributed by atoms with Crippen LogP contribution in [0, 0.1) is 0 Å². The lowest BCUT2D eigenvalue weighted by Gasteiger charge is -2.11. The predicted molar refractivity (Wildman–Crippen MR) is 68.6 cm³/mol. The second-order valence-corrected chi connectivity index (χ2v) is 5.36. The fraction of sp³-hybridized carbons (Fsp3) is 0.182. The molecule has 2 rings (SSSR count). The Morgan fingerprint density at radius 1 is 1.33 bits per heavy atom. The first-order valence-electron chi connectivity index (χ1n) is 5.37. The van der Waals surface area contributed by atoms with Crippen molar-refractivity contribution >= 4 is 15.7 Å². The molecule has 3 N–H and O–H groups in total. The van der Waals surface area contributed by atoms with Gasteiger partial charge < -0.3 is 10.3 Å². The third-order valence-corrected chi connectivity index (χ3v) is 3.68. The maximum absolute atomic E-state index is 12.0. The largest absolute Gasteiger partial charge is 0.334 e. The number of nitrogens with zero attached hydrogens (tertiary/aromatic N) is 1. The van der Waals surface area contributed by atoms with Gasteiger partial charge in [0, 0.05) is 6.54 Å². The Kier molecular flexibility index (Phi) is 3.63. The first kappa shape index (κ1) is 12.6. The molecule has 0 aliphatic carbocycles. The lowest BCUT2D eigenvalue weighted by atomic mass is 10.2. The Hall–Kier alpha value is -1.86. The summed E-state index contributed by atoms with van der Waals surface area (Å²) in [5, 5.41) is 3.03. The van der Waals surface area contributed by atoms with Gasteiger partial charge >= 0.3 is 0 Å². The average Bonchev–Trinajstić information content (AvgIpc) is 2.86. The van der Waals surface area contributed by atoms with Crippen molar-refractivity contribution in [1.29, 1.82) is 0 Å². The summed E-state index contributed by atoms with van der Waals surface area (Å²) in [6.45, 7) is 0.585. The molecule has 1 aromatic heterocycles. The molecule has 18 heavy (non-hydrogen) atoms. The minimum atomic E-state index is -3.61. The first-order chi connectivity index (χ1) is 8.63. The molecule has 96 valence electrons. The summed E-state index contributed by atoms with van der Waals surface area (Å²) in [7, 11) is -1.80. The topological polar surface area (TPSA) is 86.9 Å². The van der Waals surface area contributed by atoms with E-state index in [0.29, 0.717) is 12.2 Å². The van der Waals surface area contributed by atoms with Crippen molar-refractivity contribution in [2.45, 2.75) is 11.6 Å². The molecular weight excluding hydrogens is 252 g/mol. The molecule has 7 heteroatoms. The number of anilines is 1. The minimum Gasteiger partial charge on any atom is -0.334 e. The van der Waals surface area contributed by atoms with Crippen molar-refractivity contribution in [3.63, 3.8) is 0 Å². The second kappa shape index (κ2) is 5.19. The number of benzene rings is 1. The minimum absolute atomic E-state index is 0.0433. The van der Waals surface area contributed by atoms with E-state index < -0.39 is 10.0 Å². The van der Waals surface area contributed by atoms with Crippen molar-refractivity contribution < 1.29 is 8.42 Å². The molecule has 6 nitrogen and oxygen atoms in total. The molecule has 1 aromatic carbocycles. The summed E-state index contributed by atoms with van der Waals surface area (Å²) >= 11 is 0. The van der Waals surface area contributed by atoms with Crippen molar-refractivity contribution in [1.82, 2.24) is 15.3 Å². The highest BCUT2D eigenvalue weighted by molar-refractivity contribution is 7.92. The number of sulfonamides is 1. The van der Waals surface area contributed by atoms with Gasteiger partial charge in [-0.3, -0.25) is 4.72 Å². The van der Waals surface area contributed by atoms with E-state index in [9.17, 15) is 8.42 Å². The van der Waals surface area contributed by atoms with Gasteiger partial charge in [0.1, 0.15) is 0 Å². The number of nitrogens with one attached hydrogen (secondary N) is 3. The van der Waals surface area contributed by atoms with Crippen molar-refractivity contribution in [3.8, 4) is 0 Å². The highest BCUT2D eigenvalue weighted by Crippen LogP contribution is 2.18. The molecule has 0 unspecified atom stereocenters. The van der Waals surface area contributed by atoms with E-state index in [1.807, 2.05) is 12.1 Å². The van der Waals surface area contributed by atoms with E-state index in [2.05, 4.69) is 20.0 Å². The van der Waals surface area contributed by atoms with Crippen molar-refractivity contribution in [2.24, 2.45) is 0 Å². The molecule has 0 aliphatic heterocycles. The third kappa shape index (κ3) is 2.69. The molecule has 0 fully saturated rings. The molecule has 0 aliphatic rings. The summed E-state index contributed by atoms with van der Waals surface area (Å²) in [5.74, 6) is 0. The summed E-state index contributed by atoms with van der Waals surface area (Å²) in [4.78, 5) is 6.27. The first-order valence-corrected chi connectivity index (χ1v) is 6.85. The number of imidazole rings is 1. The van der Waals surface area contributed by atoms with Crippen LogP contribution in [0.2, 0.25) is 0 Å². The molecule has 0 bridgehead atoms. The van der Waals surface area contributed by atoms with Gasteiger partial charge in [0.05, 0.1) is 18.2 Å². The van der Waals surface area contributed by atoms with Crippen LogP contribution < -0.4 is 10.0 Å². The number of hydrogen-bond acceptors (Lipinski definition) is 4. The van der Waals surface area contributed by atoms with Gasteiger partial charge in [-0.05, 0) is 18.7 Å². The predicted octanol–water partition coefficient (Wildman–Crippen LogP) is 0.930. The molecule has 0 saturated carbocycles. The molecule has 0 spiro atoms. The zero-order chi connectivity index (χ0) is 13.0. The Balaban J connectivity index is 2.29. The molecule has 1 heterocycles. The van der Waals surface area contributed by atoms with Crippen LogP contribution in [-0.2, 0) is 16.6 Å². The summed E-state index contributed by atoms with van der Waals surface area (Å²) in [6, 6.07) is 7.23. The fourth-order valence-corrected chi connectivity index (χ4v) is 2.56. The summed E-state index contributed by atoms with van der Waals surface area (Å²) < 4.78 is 26.6. The van der Waals surface area contributed by atoms with Gasteiger partial charge in [-0.2, -0.15) is 8.42 Å². The smallest absolute Gasteiger partial charge is 0.278 e. The fourth-order valence-electron chi connectivity index (χ4n) is 1.55. The Bertz CT molecular complexity index is 608. The van der Waals surface area contributed by atoms with E-state index in [1.54, 1.807) is 19.2 Å². The van der Waals surface area contributed by atoms with Crippen LogP contribution in [0.3, 0.4) is 0 Å². The van der Waals surface area contributed by atoms with Crippen LogP contribution in [0.15, 0.2) is 41.8 Å². The average molecular weight is 266 g/mol. The summed E-state index contributed by atoms with van der Waals surface area (Å²) in [5.41, 5.74) is 1.43. The molecule has 0 saturated heterocycles. The SMILES string of the molecule is CNCc1ccccc1NS(=O)(=O)c1cnc[nH]1. The monoisotopic (exact) mass is 266 g/mol. The molecular formula is C11H14N4O2S. The number of para-hydroxylation sites is 1. The molecule has 0 radical (unpaired) electrons. The normalized spacial score (nSPS) is 11.4. The number of rotatable bonds is 5. The van der Waals surface area contributed by atoms with Crippen LogP contribution in [0.25, 0.3) is 0 Å². The van der Waals surface area contributed by atoms with Gasteiger partial charge in [-0.15, -0.1) is 0 Å². The highest BCUT2D eigenvalue weighted by atomic mass is 32.2. The third-order valence-electron chi connectivity index (χ3n) is 2.39. The Labute approximate surface area is 106 Å². The molecule has 0 amide bonds. The number of aromatic nitrogens is 2. The van der Waals surface area contributed by atoms with E-state index in [-0.39, 0.29) is 5.03 Å². The van der Waals surface area contributed by atoms with Crippen LogP contribution in [0.1, 0.15) is 5.56 Å². The molecule has 2 aromatic rings. The second-order valence-electron chi connectivity index (χ2n) is 3.71. The van der Waals surface area contributed by atoms with E-state index in [0.717, 1.165) is 5.56 Å². The number of hydrogen-bond donors (Lipinski definition) is 3. The van der Waals surface area contributed by atoms with Crippen LogP contribution >= 0.6 is 0 Å².